The average molecular weight is 448 g/mol. The third-order valence-corrected chi connectivity index (χ3v) is 6.81. The lowest BCUT2D eigenvalue weighted by Crippen LogP contribution is -2.43. The molecule has 0 saturated carbocycles. The van der Waals surface area contributed by atoms with Crippen LogP contribution in [0.1, 0.15) is 55.0 Å². The minimum Gasteiger partial charge on any atom is -0.378 e. The Kier molecular flexibility index (Phi) is 6.08. The summed E-state index contributed by atoms with van der Waals surface area (Å²) < 4.78 is 5.80. The SMILES string of the molecule is CCNC(=O)N1CCc2cc(-c3cnc4[nH]cc(C(C)C)c4c3)cc([C@@H]3COCCN3)c2C1. The molecule has 7 nitrogen and oxygen atoms in total. The van der Waals surface area contributed by atoms with Crippen LogP contribution in [0.25, 0.3) is 22.2 Å². The number of nitrogens with one attached hydrogen (secondary N) is 3. The topological polar surface area (TPSA) is 82.3 Å². The monoisotopic (exact) mass is 447 g/mol. The standard InChI is InChI=1S/C26H33N5O2/c1-4-27-26(32)31-7-5-17-9-18(10-20(23(17)14-31)24-15-33-8-6-28-24)19-11-21-22(16(2)3)13-30-25(21)29-12-19/h9-13,16,24,28H,4-8,14-15H2,1-3H3,(H,27,32)(H,29,30)/t24-/m0/s1. The van der Waals surface area contributed by atoms with E-state index in [0.29, 0.717) is 25.6 Å². The molecule has 2 aliphatic rings. The van der Waals surface area contributed by atoms with Crippen LogP contribution in [-0.2, 0) is 17.7 Å². The first kappa shape index (κ1) is 21.9. The fourth-order valence-corrected chi connectivity index (χ4v) is 5.04. The van der Waals surface area contributed by atoms with Gasteiger partial charge < -0.3 is 25.3 Å². The molecule has 1 fully saturated rings. The Bertz CT molecular complexity index is 1160. The van der Waals surface area contributed by atoms with Crippen molar-refractivity contribution in [2.75, 3.05) is 32.8 Å². The maximum atomic E-state index is 12.5. The number of nitrogens with zero attached hydrogens (tertiary/aromatic N) is 2. The van der Waals surface area contributed by atoms with Gasteiger partial charge in [-0.3, -0.25) is 0 Å². The summed E-state index contributed by atoms with van der Waals surface area (Å²) >= 11 is 0. The molecule has 174 valence electrons. The van der Waals surface area contributed by atoms with Gasteiger partial charge in [-0.15, -0.1) is 0 Å². The lowest BCUT2D eigenvalue weighted by atomic mass is 9.87. The van der Waals surface area contributed by atoms with Gasteiger partial charge in [0.25, 0.3) is 0 Å². The van der Waals surface area contributed by atoms with E-state index in [0.717, 1.165) is 37.3 Å². The zero-order valence-electron chi connectivity index (χ0n) is 19.7. The Labute approximate surface area is 194 Å². The summed E-state index contributed by atoms with van der Waals surface area (Å²) in [6, 6.07) is 6.96. The third-order valence-electron chi connectivity index (χ3n) is 6.81. The van der Waals surface area contributed by atoms with E-state index in [1.165, 1.54) is 33.2 Å². The number of carbonyl (C=O) groups is 1. The molecule has 0 spiro atoms. The van der Waals surface area contributed by atoms with Crippen molar-refractivity contribution in [2.24, 2.45) is 0 Å². The van der Waals surface area contributed by atoms with E-state index in [-0.39, 0.29) is 12.1 Å². The van der Waals surface area contributed by atoms with Gasteiger partial charge in [0.15, 0.2) is 0 Å². The Morgan fingerprint density at radius 3 is 2.94 bits per heavy atom. The van der Waals surface area contributed by atoms with Crippen LogP contribution < -0.4 is 10.6 Å². The number of ether oxygens (including phenoxy) is 1. The van der Waals surface area contributed by atoms with Gasteiger partial charge in [0.2, 0.25) is 0 Å². The van der Waals surface area contributed by atoms with Gasteiger partial charge in [-0.1, -0.05) is 19.9 Å². The summed E-state index contributed by atoms with van der Waals surface area (Å²) in [5, 5.41) is 7.75. The molecule has 3 N–H and O–H groups in total. The fraction of sp³-hybridized carbons (Fsp3) is 0.462. The van der Waals surface area contributed by atoms with Crippen LogP contribution in [0.5, 0.6) is 0 Å². The number of hydrogen-bond acceptors (Lipinski definition) is 4. The van der Waals surface area contributed by atoms with Crippen LogP contribution >= 0.6 is 0 Å². The first-order valence-corrected chi connectivity index (χ1v) is 12.0. The van der Waals surface area contributed by atoms with Crippen molar-refractivity contribution >= 4 is 17.1 Å². The Hall–Kier alpha value is -2.90. The van der Waals surface area contributed by atoms with Crippen LogP contribution in [0, 0.1) is 0 Å². The number of fused-ring (bicyclic) bond motifs is 2. The van der Waals surface area contributed by atoms with Crippen molar-refractivity contribution in [3.8, 4) is 11.1 Å². The molecule has 4 heterocycles. The summed E-state index contributed by atoms with van der Waals surface area (Å²) in [7, 11) is 0. The maximum Gasteiger partial charge on any atom is 0.317 e. The van der Waals surface area contributed by atoms with Crippen LogP contribution in [-0.4, -0.2) is 53.7 Å². The number of amides is 2. The molecule has 1 atom stereocenters. The minimum atomic E-state index is 0.00866. The highest BCUT2D eigenvalue weighted by atomic mass is 16.5. The number of aromatic amines is 1. The largest absolute Gasteiger partial charge is 0.378 e. The predicted octanol–water partition coefficient (Wildman–Crippen LogP) is 4.10. The number of urea groups is 1. The lowest BCUT2D eigenvalue weighted by Gasteiger charge is -2.34. The van der Waals surface area contributed by atoms with E-state index < -0.39 is 0 Å². The van der Waals surface area contributed by atoms with Crippen molar-refractivity contribution in [2.45, 2.75) is 45.7 Å². The molecule has 7 heteroatoms. The summed E-state index contributed by atoms with van der Waals surface area (Å²) in [6.07, 6.45) is 4.88. The molecule has 1 aromatic carbocycles. The second-order valence-corrected chi connectivity index (χ2v) is 9.31. The number of hydrogen-bond donors (Lipinski definition) is 3. The number of aromatic nitrogens is 2. The Morgan fingerprint density at radius 2 is 2.18 bits per heavy atom. The van der Waals surface area contributed by atoms with Crippen molar-refractivity contribution in [3.63, 3.8) is 0 Å². The van der Waals surface area contributed by atoms with Crippen LogP contribution in [0.2, 0.25) is 0 Å². The third kappa shape index (κ3) is 4.23. The van der Waals surface area contributed by atoms with Gasteiger partial charge in [-0.05, 0) is 59.2 Å². The van der Waals surface area contributed by atoms with Gasteiger partial charge in [-0.25, -0.2) is 9.78 Å². The van der Waals surface area contributed by atoms with Crippen molar-refractivity contribution in [1.82, 2.24) is 25.5 Å². The summed E-state index contributed by atoms with van der Waals surface area (Å²) in [6.45, 7) is 10.6. The number of H-pyrrole nitrogens is 1. The zero-order valence-corrected chi connectivity index (χ0v) is 19.7. The molecule has 33 heavy (non-hydrogen) atoms. The van der Waals surface area contributed by atoms with E-state index in [1.54, 1.807) is 0 Å². The van der Waals surface area contributed by atoms with Crippen LogP contribution in [0.4, 0.5) is 4.79 Å². The molecule has 2 aliphatic heterocycles. The number of morpholine rings is 1. The van der Waals surface area contributed by atoms with E-state index >= 15 is 0 Å². The zero-order chi connectivity index (χ0) is 22.9. The van der Waals surface area contributed by atoms with Gasteiger partial charge in [0.1, 0.15) is 5.65 Å². The van der Waals surface area contributed by atoms with Gasteiger partial charge in [0.05, 0.1) is 19.3 Å². The highest BCUT2D eigenvalue weighted by Gasteiger charge is 2.27. The summed E-state index contributed by atoms with van der Waals surface area (Å²) in [4.78, 5) is 22.5. The van der Waals surface area contributed by atoms with E-state index in [9.17, 15) is 4.79 Å². The molecule has 0 bridgehead atoms. The van der Waals surface area contributed by atoms with Crippen LogP contribution in [0.15, 0.2) is 30.6 Å². The second-order valence-electron chi connectivity index (χ2n) is 9.31. The van der Waals surface area contributed by atoms with Crippen molar-refractivity contribution in [3.05, 3.63) is 52.8 Å². The quantitative estimate of drug-likeness (QED) is 0.562. The highest BCUT2D eigenvalue weighted by molar-refractivity contribution is 5.85. The van der Waals surface area contributed by atoms with Crippen molar-refractivity contribution < 1.29 is 9.53 Å². The first-order chi connectivity index (χ1) is 16.0. The number of pyridine rings is 1. The fourth-order valence-electron chi connectivity index (χ4n) is 5.04. The summed E-state index contributed by atoms with van der Waals surface area (Å²) in [5.41, 5.74) is 8.31. The van der Waals surface area contributed by atoms with E-state index in [4.69, 9.17) is 9.72 Å². The molecular weight excluding hydrogens is 414 g/mol. The van der Waals surface area contributed by atoms with Gasteiger partial charge in [-0.2, -0.15) is 0 Å². The minimum absolute atomic E-state index is 0.00866. The molecule has 0 unspecified atom stereocenters. The Balaban J connectivity index is 1.58. The van der Waals surface area contributed by atoms with Gasteiger partial charge >= 0.3 is 6.03 Å². The second kappa shape index (κ2) is 9.15. The van der Waals surface area contributed by atoms with E-state index in [2.05, 4.69) is 53.9 Å². The number of rotatable bonds is 4. The summed E-state index contributed by atoms with van der Waals surface area (Å²) in [5.74, 6) is 0.429. The molecule has 2 amide bonds. The average Bonchev–Trinajstić information content (AvgIpc) is 3.27. The lowest BCUT2D eigenvalue weighted by molar-refractivity contribution is 0.0763. The van der Waals surface area contributed by atoms with Gasteiger partial charge in [0, 0.05) is 49.5 Å². The molecule has 3 aromatic rings. The molecular formula is C26H33N5O2. The molecule has 0 radical (unpaired) electrons. The van der Waals surface area contributed by atoms with Crippen molar-refractivity contribution in [1.29, 1.82) is 0 Å². The number of carbonyl (C=O) groups excluding carboxylic acids is 1. The highest BCUT2D eigenvalue weighted by Crippen LogP contribution is 2.35. The normalized spacial score (nSPS) is 18.5. The molecule has 0 aliphatic carbocycles. The molecule has 2 aromatic heterocycles. The van der Waals surface area contributed by atoms with Crippen LogP contribution in [0.3, 0.4) is 0 Å². The van der Waals surface area contributed by atoms with E-state index in [1.807, 2.05) is 18.0 Å². The number of benzene rings is 1. The molecule has 5 rings (SSSR count). The first-order valence-electron chi connectivity index (χ1n) is 12.0. The Morgan fingerprint density at radius 1 is 1.30 bits per heavy atom. The predicted molar refractivity (Wildman–Crippen MR) is 130 cm³/mol. The smallest absolute Gasteiger partial charge is 0.317 e. The molecule has 1 saturated heterocycles. The maximum absolute atomic E-state index is 12.5.